The summed E-state index contributed by atoms with van der Waals surface area (Å²) in [6.07, 6.45) is 2.07. The molecule has 98 valence electrons. The first-order valence-corrected chi connectivity index (χ1v) is 6.41. The predicted octanol–water partition coefficient (Wildman–Crippen LogP) is -0.677. The topological polar surface area (TPSA) is 76.4 Å². The molecule has 2 rings (SSSR count). The third kappa shape index (κ3) is 2.62. The van der Waals surface area contributed by atoms with Crippen LogP contribution in [0.1, 0.15) is 19.3 Å². The maximum absolute atomic E-state index is 11.9. The van der Waals surface area contributed by atoms with Gasteiger partial charge in [0, 0.05) is 39.1 Å². The molecule has 0 spiro atoms. The molecule has 0 aliphatic carbocycles. The number of nitrogens with one attached hydrogen (secondary N) is 1. The van der Waals surface area contributed by atoms with Crippen LogP contribution in [0, 0.1) is 11.3 Å². The van der Waals surface area contributed by atoms with Gasteiger partial charge in [-0.1, -0.05) is 0 Å². The summed E-state index contributed by atoms with van der Waals surface area (Å²) >= 11 is 0. The minimum atomic E-state index is -0.384. The number of amides is 2. The molecule has 0 saturated carbocycles. The molecule has 2 saturated heterocycles. The average molecular weight is 250 g/mol. The number of carbonyl (C=O) groups is 2. The number of carbonyl (C=O) groups excluding carboxylic acids is 2. The van der Waals surface area contributed by atoms with E-state index in [-0.39, 0.29) is 17.9 Å². The summed E-state index contributed by atoms with van der Waals surface area (Å²) in [7, 11) is 0. The summed E-state index contributed by atoms with van der Waals surface area (Å²) in [6, 6.07) is 2.19. The summed E-state index contributed by atoms with van der Waals surface area (Å²) in [4.78, 5) is 27.1. The highest BCUT2D eigenvalue weighted by atomic mass is 16.2. The zero-order valence-electron chi connectivity index (χ0n) is 10.4. The Balaban J connectivity index is 1.90. The lowest BCUT2D eigenvalue weighted by atomic mass is 10.1. The van der Waals surface area contributed by atoms with E-state index in [2.05, 4.69) is 11.4 Å². The SMILES string of the molecule is N#CCCCCN1CC2CNCCN2C(=O)C1=O. The van der Waals surface area contributed by atoms with E-state index in [4.69, 9.17) is 5.26 Å². The fourth-order valence-corrected chi connectivity index (χ4v) is 2.49. The van der Waals surface area contributed by atoms with Gasteiger partial charge in [0.05, 0.1) is 12.1 Å². The summed E-state index contributed by atoms with van der Waals surface area (Å²) in [5.74, 6) is -0.752. The molecule has 2 fully saturated rings. The Labute approximate surface area is 107 Å². The number of hydrogen-bond donors (Lipinski definition) is 1. The molecule has 6 nitrogen and oxygen atoms in total. The monoisotopic (exact) mass is 250 g/mol. The van der Waals surface area contributed by atoms with E-state index >= 15 is 0 Å². The van der Waals surface area contributed by atoms with E-state index in [1.54, 1.807) is 9.80 Å². The number of fused-ring (bicyclic) bond motifs is 1. The van der Waals surface area contributed by atoms with Gasteiger partial charge in [-0.15, -0.1) is 0 Å². The van der Waals surface area contributed by atoms with Crippen LogP contribution in [0.4, 0.5) is 0 Å². The Bertz CT molecular complexity index is 377. The zero-order chi connectivity index (χ0) is 13.0. The number of piperazine rings is 2. The van der Waals surface area contributed by atoms with Crippen molar-refractivity contribution in [3.63, 3.8) is 0 Å². The van der Waals surface area contributed by atoms with Gasteiger partial charge in [0.25, 0.3) is 0 Å². The van der Waals surface area contributed by atoms with Crippen LogP contribution in [-0.2, 0) is 9.59 Å². The van der Waals surface area contributed by atoms with E-state index in [0.29, 0.717) is 26.1 Å². The summed E-state index contributed by atoms with van der Waals surface area (Å²) < 4.78 is 0. The Hall–Kier alpha value is -1.61. The van der Waals surface area contributed by atoms with E-state index < -0.39 is 0 Å². The van der Waals surface area contributed by atoms with Gasteiger partial charge < -0.3 is 15.1 Å². The molecule has 0 radical (unpaired) electrons. The number of nitriles is 1. The van der Waals surface area contributed by atoms with Crippen molar-refractivity contribution in [1.29, 1.82) is 5.26 Å². The molecule has 0 aromatic heterocycles. The first-order valence-electron chi connectivity index (χ1n) is 6.41. The maximum Gasteiger partial charge on any atom is 0.312 e. The molecule has 2 amide bonds. The van der Waals surface area contributed by atoms with Gasteiger partial charge in [-0.3, -0.25) is 9.59 Å². The molecule has 0 aromatic carbocycles. The number of hydrogen-bond acceptors (Lipinski definition) is 4. The van der Waals surface area contributed by atoms with Gasteiger partial charge in [0.15, 0.2) is 0 Å². The normalized spacial score (nSPS) is 23.8. The van der Waals surface area contributed by atoms with Crippen LogP contribution in [0.3, 0.4) is 0 Å². The van der Waals surface area contributed by atoms with Crippen LogP contribution in [0.25, 0.3) is 0 Å². The van der Waals surface area contributed by atoms with Crippen molar-refractivity contribution >= 4 is 11.8 Å². The second-order valence-corrected chi connectivity index (χ2v) is 4.72. The fourth-order valence-electron chi connectivity index (χ4n) is 2.49. The van der Waals surface area contributed by atoms with Gasteiger partial charge in [-0.05, 0) is 12.8 Å². The zero-order valence-corrected chi connectivity index (χ0v) is 10.4. The second-order valence-electron chi connectivity index (χ2n) is 4.72. The Morgan fingerprint density at radius 3 is 2.94 bits per heavy atom. The molecule has 1 unspecified atom stereocenters. The molecule has 18 heavy (non-hydrogen) atoms. The number of nitrogens with zero attached hydrogens (tertiary/aromatic N) is 3. The van der Waals surface area contributed by atoms with Crippen LogP contribution in [0.5, 0.6) is 0 Å². The average Bonchev–Trinajstić information content (AvgIpc) is 2.40. The highest BCUT2D eigenvalue weighted by Gasteiger charge is 2.39. The third-order valence-corrected chi connectivity index (χ3v) is 3.48. The fraction of sp³-hybridized carbons (Fsp3) is 0.750. The summed E-state index contributed by atoms with van der Waals surface area (Å²) in [5.41, 5.74) is 0. The highest BCUT2D eigenvalue weighted by molar-refractivity contribution is 6.35. The number of unbranched alkanes of at least 4 members (excludes halogenated alkanes) is 2. The van der Waals surface area contributed by atoms with Crippen molar-refractivity contribution in [1.82, 2.24) is 15.1 Å². The lowest BCUT2D eigenvalue weighted by molar-refractivity contribution is -0.159. The van der Waals surface area contributed by atoms with E-state index in [1.807, 2.05) is 0 Å². The first kappa shape index (κ1) is 12.8. The molecule has 0 aromatic rings. The molecule has 0 bridgehead atoms. The minimum Gasteiger partial charge on any atom is -0.332 e. The highest BCUT2D eigenvalue weighted by Crippen LogP contribution is 2.14. The standard InChI is InChI=1S/C12H18N4O2/c13-4-2-1-3-6-15-9-10-8-14-5-7-16(10)12(18)11(15)17/h10,14H,1-3,5-9H2. The maximum atomic E-state index is 11.9. The molecule has 2 aliphatic rings. The molecular weight excluding hydrogens is 232 g/mol. The van der Waals surface area contributed by atoms with Crippen molar-refractivity contribution in [3.05, 3.63) is 0 Å². The van der Waals surface area contributed by atoms with Crippen molar-refractivity contribution in [3.8, 4) is 6.07 Å². The largest absolute Gasteiger partial charge is 0.332 e. The van der Waals surface area contributed by atoms with Crippen LogP contribution in [0.15, 0.2) is 0 Å². The second kappa shape index (κ2) is 5.83. The van der Waals surface area contributed by atoms with Gasteiger partial charge in [-0.25, -0.2) is 0 Å². The van der Waals surface area contributed by atoms with Gasteiger partial charge in [0.1, 0.15) is 0 Å². The molecule has 6 heteroatoms. The molecular formula is C12H18N4O2. The van der Waals surface area contributed by atoms with Crippen molar-refractivity contribution in [2.75, 3.05) is 32.7 Å². The lowest BCUT2D eigenvalue weighted by Gasteiger charge is -2.43. The van der Waals surface area contributed by atoms with Gasteiger partial charge in [0.2, 0.25) is 0 Å². The lowest BCUT2D eigenvalue weighted by Crippen LogP contribution is -2.65. The summed E-state index contributed by atoms with van der Waals surface area (Å²) in [5, 5.41) is 11.7. The van der Waals surface area contributed by atoms with Gasteiger partial charge in [-0.2, -0.15) is 5.26 Å². The third-order valence-electron chi connectivity index (χ3n) is 3.48. The Morgan fingerprint density at radius 1 is 1.33 bits per heavy atom. The molecule has 2 aliphatic heterocycles. The van der Waals surface area contributed by atoms with Crippen molar-refractivity contribution in [2.24, 2.45) is 0 Å². The first-order chi connectivity index (χ1) is 8.74. The Morgan fingerprint density at radius 2 is 2.17 bits per heavy atom. The smallest absolute Gasteiger partial charge is 0.312 e. The molecule has 1 N–H and O–H groups in total. The Kier molecular flexibility index (Phi) is 4.15. The van der Waals surface area contributed by atoms with E-state index in [9.17, 15) is 9.59 Å². The van der Waals surface area contributed by atoms with Crippen LogP contribution >= 0.6 is 0 Å². The van der Waals surface area contributed by atoms with Crippen molar-refractivity contribution < 1.29 is 9.59 Å². The molecule has 2 heterocycles. The molecule has 1 atom stereocenters. The summed E-state index contributed by atoms with van der Waals surface area (Å²) in [6.45, 7) is 3.34. The quantitative estimate of drug-likeness (QED) is 0.530. The van der Waals surface area contributed by atoms with Gasteiger partial charge >= 0.3 is 11.8 Å². The predicted molar refractivity (Wildman–Crippen MR) is 64.4 cm³/mol. The van der Waals surface area contributed by atoms with Crippen LogP contribution in [-0.4, -0.2) is 60.4 Å². The van der Waals surface area contributed by atoms with E-state index in [1.165, 1.54) is 0 Å². The number of rotatable bonds is 4. The van der Waals surface area contributed by atoms with Crippen molar-refractivity contribution in [2.45, 2.75) is 25.3 Å². The van der Waals surface area contributed by atoms with Crippen LogP contribution < -0.4 is 5.32 Å². The van der Waals surface area contributed by atoms with Crippen LogP contribution in [0.2, 0.25) is 0 Å². The minimum absolute atomic E-state index is 0.111. The van der Waals surface area contributed by atoms with E-state index in [0.717, 1.165) is 25.9 Å².